The van der Waals surface area contributed by atoms with E-state index in [1.807, 2.05) is 6.07 Å². The lowest BCUT2D eigenvalue weighted by molar-refractivity contribution is -0.114. The molecule has 0 saturated carbocycles. The van der Waals surface area contributed by atoms with Crippen LogP contribution in [-0.2, 0) is 26.2 Å². The first-order chi connectivity index (χ1) is 14.4. The van der Waals surface area contributed by atoms with E-state index in [0.717, 1.165) is 9.87 Å². The number of hydrogen-bond acceptors (Lipinski definition) is 4. The summed E-state index contributed by atoms with van der Waals surface area (Å²) in [6.07, 6.45) is 0. The van der Waals surface area contributed by atoms with Crippen molar-refractivity contribution in [2.75, 3.05) is 23.3 Å². The van der Waals surface area contributed by atoms with Gasteiger partial charge in [0.05, 0.1) is 22.2 Å². The third-order valence-electron chi connectivity index (χ3n) is 4.26. The van der Waals surface area contributed by atoms with Crippen molar-refractivity contribution < 1.29 is 17.9 Å². The number of amides is 1. The van der Waals surface area contributed by atoms with Gasteiger partial charge in [0.15, 0.2) is 0 Å². The Hall–Kier alpha value is -2.87. The molecule has 0 aromatic heterocycles. The minimum absolute atomic E-state index is 0.0693. The van der Waals surface area contributed by atoms with Crippen LogP contribution in [0.3, 0.4) is 0 Å². The van der Waals surface area contributed by atoms with E-state index in [-0.39, 0.29) is 15.6 Å². The van der Waals surface area contributed by atoms with Crippen LogP contribution in [0.1, 0.15) is 5.56 Å². The maximum atomic E-state index is 13.3. The zero-order valence-corrected chi connectivity index (χ0v) is 17.9. The molecule has 3 aromatic rings. The Morgan fingerprint density at radius 1 is 1.00 bits per heavy atom. The van der Waals surface area contributed by atoms with Crippen LogP contribution >= 0.6 is 11.6 Å². The molecule has 0 bridgehead atoms. The molecule has 1 amide bonds. The highest BCUT2D eigenvalue weighted by Gasteiger charge is 2.28. The molecule has 0 heterocycles. The summed E-state index contributed by atoms with van der Waals surface area (Å²) in [7, 11) is -2.43. The Morgan fingerprint density at radius 3 is 2.40 bits per heavy atom. The van der Waals surface area contributed by atoms with Gasteiger partial charge in [0.1, 0.15) is 6.54 Å². The minimum Gasteiger partial charge on any atom is -0.380 e. The molecule has 0 radical (unpaired) electrons. The van der Waals surface area contributed by atoms with Crippen molar-refractivity contribution >= 4 is 38.9 Å². The Kier molecular flexibility index (Phi) is 7.10. The van der Waals surface area contributed by atoms with E-state index in [1.54, 1.807) is 67.8 Å². The Labute approximate surface area is 181 Å². The predicted molar refractivity (Wildman–Crippen MR) is 118 cm³/mol. The van der Waals surface area contributed by atoms with Crippen molar-refractivity contribution in [3.8, 4) is 0 Å². The van der Waals surface area contributed by atoms with Crippen LogP contribution in [-0.4, -0.2) is 28.0 Å². The van der Waals surface area contributed by atoms with E-state index in [2.05, 4.69) is 5.32 Å². The number of nitrogens with one attached hydrogen (secondary N) is 1. The fraction of sp³-hybridized carbons (Fsp3) is 0.136. The standard InChI is InChI=1S/C22H21ClN2O4S/c1-29-16-17-8-7-9-18(14-17)24-22(26)15-25(21-13-6-5-12-20(21)23)30(27,28)19-10-3-2-4-11-19/h2-14H,15-16H2,1H3,(H,24,26). The SMILES string of the molecule is COCc1cccc(NC(=O)CN(c2ccccc2Cl)S(=O)(=O)c2ccccc2)c1. The van der Waals surface area contributed by atoms with Crippen LogP contribution < -0.4 is 9.62 Å². The molecule has 0 aliphatic carbocycles. The second-order valence-corrected chi connectivity index (χ2v) is 8.73. The maximum absolute atomic E-state index is 13.3. The topological polar surface area (TPSA) is 75.7 Å². The van der Waals surface area contributed by atoms with E-state index < -0.39 is 22.5 Å². The number of ether oxygens (including phenoxy) is 1. The van der Waals surface area contributed by atoms with E-state index in [1.165, 1.54) is 12.1 Å². The van der Waals surface area contributed by atoms with Gasteiger partial charge in [-0.25, -0.2) is 8.42 Å². The third kappa shape index (κ3) is 5.18. The number of nitrogens with zero attached hydrogens (tertiary/aromatic N) is 1. The Balaban J connectivity index is 1.91. The summed E-state index contributed by atoms with van der Waals surface area (Å²) >= 11 is 6.26. The van der Waals surface area contributed by atoms with Gasteiger partial charge in [0.2, 0.25) is 5.91 Å². The summed E-state index contributed by atoms with van der Waals surface area (Å²) in [5.41, 5.74) is 1.66. The highest BCUT2D eigenvalue weighted by atomic mass is 35.5. The van der Waals surface area contributed by atoms with Crippen molar-refractivity contribution in [3.63, 3.8) is 0 Å². The predicted octanol–water partition coefficient (Wildman–Crippen LogP) is 4.32. The van der Waals surface area contributed by atoms with Crippen LogP contribution in [0, 0.1) is 0 Å². The molecule has 8 heteroatoms. The van der Waals surface area contributed by atoms with E-state index >= 15 is 0 Å². The van der Waals surface area contributed by atoms with E-state index in [4.69, 9.17) is 16.3 Å². The first-order valence-corrected chi connectivity index (χ1v) is 10.9. The van der Waals surface area contributed by atoms with Gasteiger partial charge in [-0.05, 0) is 42.0 Å². The highest BCUT2D eigenvalue weighted by Crippen LogP contribution is 2.30. The molecular weight excluding hydrogens is 424 g/mol. The molecule has 30 heavy (non-hydrogen) atoms. The van der Waals surface area contributed by atoms with Crippen LogP contribution in [0.4, 0.5) is 11.4 Å². The molecule has 0 aliphatic rings. The fourth-order valence-electron chi connectivity index (χ4n) is 2.91. The smallest absolute Gasteiger partial charge is 0.264 e. The van der Waals surface area contributed by atoms with Gasteiger partial charge in [-0.15, -0.1) is 0 Å². The summed E-state index contributed by atoms with van der Waals surface area (Å²) in [5.74, 6) is -0.496. The molecule has 0 unspecified atom stereocenters. The molecule has 6 nitrogen and oxygen atoms in total. The molecule has 3 rings (SSSR count). The van der Waals surface area contributed by atoms with Gasteiger partial charge in [0.25, 0.3) is 10.0 Å². The van der Waals surface area contributed by atoms with Crippen molar-refractivity contribution in [1.29, 1.82) is 0 Å². The molecule has 0 spiro atoms. The Morgan fingerprint density at radius 2 is 1.70 bits per heavy atom. The molecule has 3 aromatic carbocycles. The van der Waals surface area contributed by atoms with Crippen LogP contribution in [0.25, 0.3) is 0 Å². The number of rotatable bonds is 8. The average molecular weight is 445 g/mol. The molecular formula is C22H21ClN2O4S. The molecule has 0 aliphatic heterocycles. The maximum Gasteiger partial charge on any atom is 0.264 e. The third-order valence-corrected chi connectivity index (χ3v) is 6.35. The van der Waals surface area contributed by atoms with Gasteiger partial charge in [-0.3, -0.25) is 9.10 Å². The summed E-state index contributed by atoms with van der Waals surface area (Å²) in [4.78, 5) is 12.8. The Bertz CT molecular complexity index is 1120. The normalized spacial score (nSPS) is 11.1. The average Bonchev–Trinajstić information content (AvgIpc) is 2.74. The lowest BCUT2D eigenvalue weighted by Gasteiger charge is -2.25. The molecule has 0 atom stereocenters. The summed E-state index contributed by atoms with van der Waals surface area (Å²) in [5, 5.41) is 2.97. The summed E-state index contributed by atoms with van der Waals surface area (Å²) in [6, 6.07) is 21.6. The van der Waals surface area contributed by atoms with E-state index in [0.29, 0.717) is 12.3 Å². The number of benzene rings is 3. The number of hydrogen-bond donors (Lipinski definition) is 1. The van der Waals surface area contributed by atoms with E-state index in [9.17, 15) is 13.2 Å². The fourth-order valence-corrected chi connectivity index (χ4v) is 4.66. The zero-order valence-electron chi connectivity index (χ0n) is 16.3. The summed E-state index contributed by atoms with van der Waals surface area (Å²) in [6.45, 7) is -0.0344. The van der Waals surface area contributed by atoms with Gasteiger partial charge in [-0.2, -0.15) is 0 Å². The lowest BCUT2D eigenvalue weighted by atomic mass is 10.2. The highest BCUT2D eigenvalue weighted by molar-refractivity contribution is 7.92. The molecule has 0 fully saturated rings. The van der Waals surface area contributed by atoms with Crippen LogP contribution in [0.5, 0.6) is 0 Å². The van der Waals surface area contributed by atoms with Crippen molar-refractivity contribution in [2.24, 2.45) is 0 Å². The van der Waals surface area contributed by atoms with Gasteiger partial charge < -0.3 is 10.1 Å². The number of carbonyl (C=O) groups is 1. The number of methoxy groups -OCH3 is 1. The lowest BCUT2D eigenvalue weighted by Crippen LogP contribution is -2.38. The number of carbonyl (C=O) groups excluding carboxylic acids is 1. The molecule has 156 valence electrons. The van der Waals surface area contributed by atoms with Crippen LogP contribution in [0.2, 0.25) is 5.02 Å². The second-order valence-electron chi connectivity index (χ2n) is 6.46. The number of para-hydroxylation sites is 1. The van der Waals surface area contributed by atoms with Crippen LogP contribution in [0.15, 0.2) is 83.8 Å². The largest absolute Gasteiger partial charge is 0.380 e. The van der Waals surface area contributed by atoms with Gasteiger partial charge >= 0.3 is 0 Å². The van der Waals surface area contributed by atoms with Gasteiger partial charge in [0, 0.05) is 12.8 Å². The summed E-state index contributed by atoms with van der Waals surface area (Å²) < 4.78 is 32.7. The second kappa shape index (κ2) is 9.75. The monoisotopic (exact) mass is 444 g/mol. The van der Waals surface area contributed by atoms with Crippen molar-refractivity contribution in [2.45, 2.75) is 11.5 Å². The minimum atomic E-state index is -4.01. The quantitative estimate of drug-likeness (QED) is 0.561. The first-order valence-electron chi connectivity index (χ1n) is 9.12. The number of anilines is 2. The number of sulfonamides is 1. The zero-order chi connectivity index (χ0) is 21.6. The van der Waals surface area contributed by atoms with Crippen molar-refractivity contribution in [3.05, 3.63) is 89.4 Å². The van der Waals surface area contributed by atoms with Gasteiger partial charge in [-0.1, -0.05) is 54.1 Å². The molecule has 1 N–H and O–H groups in total. The molecule has 0 saturated heterocycles. The van der Waals surface area contributed by atoms with Crippen molar-refractivity contribution in [1.82, 2.24) is 0 Å². The first kappa shape index (κ1) is 21.8. The number of halogens is 1.